The number of allylic oxidation sites excluding steroid dienone is 6. The maximum Gasteiger partial charge on any atom is 0.233 e. The number of hydrogen-bond acceptors (Lipinski definition) is 6. The standard InChI is InChI=1S/C26H23BrClNO6/c1-3-6-29-25(33)13-5-4-12-14(21(13)26(29)34)9-15-22(18(30)10-16(27)23(15)31)20(12)11-7-17(28)24(32)19(8-11)35-2/h4,7-8,10,13-14,20-21,32H,3,5-6,9H2,1-2H3. The molecule has 1 N–H and O–H groups in total. The van der Waals surface area contributed by atoms with Crippen molar-refractivity contribution in [3.63, 3.8) is 0 Å². The average molecular weight is 561 g/mol. The zero-order chi connectivity index (χ0) is 25.2. The van der Waals surface area contributed by atoms with Gasteiger partial charge in [0.1, 0.15) is 0 Å². The predicted octanol–water partition coefficient (Wildman–Crippen LogP) is 4.23. The molecule has 0 saturated carbocycles. The number of rotatable bonds is 4. The molecule has 4 aliphatic rings. The lowest BCUT2D eigenvalue weighted by atomic mass is 9.59. The Morgan fingerprint density at radius 2 is 1.91 bits per heavy atom. The number of phenols is 1. The highest BCUT2D eigenvalue weighted by Crippen LogP contribution is 2.56. The van der Waals surface area contributed by atoms with Crippen LogP contribution in [0.25, 0.3) is 0 Å². The Morgan fingerprint density at radius 3 is 2.60 bits per heavy atom. The molecule has 1 aliphatic heterocycles. The Balaban J connectivity index is 1.70. The molecule has 4 atom stereocenters. The van der Waals surface area contributed by atoms with E-state index in [1.54, 1.807) is 12.1 Å². The molecule has 182 valence electrons. The van der Waals surface area contributed by atoms with E-state index in [1.807, 2.05) is 13.0 Å². The van der Waals surface area contributed by atoms with Gasteiger partial charge in [0, 0.05) is 29.7 Å². The fourth-order valence-electron chi connectivity index (χ4n) is 6.01. The first-order chi connectivity index (χ1) is 16.7. The summed E-state index contributed by atoms with van der Waals surface area (Å²) in [4.78, 5) is 54.3. The zero-order valence-corrected chi connectivity index (χ0v) is 21.5. The molecule has 1 fully saturated rings. The number of amides is 2. The minimum absolute atomic E-state index is 0.0467. The van der Waals surface area contributed by atoms with Crippen LogP contribution in [0.1, 0.15) is 37.7 Å². The number of ketones is 2. The number of hydrogen-bond donors (Lipinski definition) is 1. The van der Waals surface area contributed by atoms with Crippen molar-refractivity contribution in [1.82, 2.24) is 4.90 Å². The quantitative estimate of drug-likeness (QED) is 0.336. The fourth-order valence-corrected chi connectivity index (χ4v) is 6.68. The van der Waals surface area contributed by atoms with Gasteiger partial charge in [0.25, 0.3) is 0 Å². The van der Waals surface area contributed by atoms with Gasteiger partial charge in [0.2, 0.25) is 11.8 Å². The van der Waals surface area contributed by atoms with E-state index in [1.165, 1.54) is 18.1 Å². The predicted molar refractivity (Wildman–Crippen MR) is 131 cm³/mol. The van der Waals surface area contributed by atoms with Gasteiger partial charge in [-0.2, -0.15) is 0 Å². The van der Waals surface area contributed by atoms with Gasteiger partial charge in [-0.3, -0.25) is 24.1 Å². The number of ether oxygens (including phenoxy) is 1. The molecule has 0 bridgehead atoms. The van der Waals surface area contributed by atoms with Gasteiger partial charge in [0.15, 0.2) is 23.1 Å². The first kappa shape index (κ1) is 24.0. The van der Waals surface area contributed by atoms with Crippen LogP contribution in [0.15, 0.2) is 45.5 Å². The highest BCUT2D eigenvalue weighted by molar-refractivity contribution is 9.12. The zero-order valence-electron chi connectivity index (χ0n) is 19.1. The Labute approximate surface area is 215 Å². The van der Waals surface area contributed by atoms with Crippen LogP contribution in [0.5, 0.6) is 11.5 Å². The topological polar surface area (TPSA) is 101 Å². The number of methoxy groups -OCH3 is 1. The van der Waals surface area contributed by atoms with Crippen LogP contribution in [0.3, 0.4) is 0 Å². The van der Waals surface area contributed by atoms with Crippen molar-refractivity contribution in [3.05, 3.63) is 56.1 Å². The lowest BCUT2D eigenvalue weighted by molar-refractivity contribution is -0.140. The van der Waals surface area contributed by atoms with Crippen LogP contribution >= 0.6 is 27.5 Å². The number of Topliss-reactive ketones (excluding diaryl/α,β-unsaturated/α-hetero) is 1. The molecule has 1 saturated heterocycles. The van der Waals surface area contributed by atoms with Gasteiger partial charge < -0.3 is 9.84 Å². The molecule has 1 aromatic rings. The lowest BCUT2D eigenvalue weighted by Crippen LogP contribution is -2.39. The van der Waals surface area contributed by atoms with E-state index >= 15 is 0 Å². The number of fused-ring (bicyclic) bond motifs is 3. The van der Waals surface area contributed by atoms with Crippen LogP contribution in [0, 0.1) is 17.8 Å². The van der Waals surface area contributed by atoms with E-state index < -0.39 is 23.7 Å². The molecule has 35 heavy (non-hydrogen) atoms. The maximum absolute atomic E-state index is 13.4. The summed E-state index contributed by atoms with van der Waals surface area (Å²) >= 11 is 9.51. The highest BCUT2D eigenvalue weighted by atomic mass is 79.9. The molecule has 4 unspecified atom stereocenters. The van der Waals surface area contributed by atoms with Crippen LogP contribution < -0.4 is 4.74 Å². The molecule has 5 rings (SSSR count). The average Bonchev–Trinajstić information content (AvgIpc) is 3.08. The van der Waals surface area contributed by atoms with Gasteiger partial charge >= 0.3 is 0 Å². The second-order valence-corrected chi connectivity index (χ2v) is 10.5. The van der Waals surface area contributed by atoms with Gasteiger partial charge in [-0.05, 0) is 58.8 Å². The molecule has 1 heterocycles. The summed E-state index contributed by atoms with van der Waals surface area (Å²) < 4.78 is 5.46. The number of nitrogens with zero attached hydrogens (tertiary/aromatic N) is 1. The maximum atomic E-state index is 13.4. The summed E-state index contributed by atoms with van der Waals surface area (Å²) in [5.41, 5.74) is 2.07. The molecule has 9 heteroatoms. The SMILES string of the molecule is CCCN1C(=O)C2CC=C3C(c4cc(Cl)c(O)c(OC)c4)C4=C(CC3C2C1=O)C(=O)C(Br)=CC4=O. The summed E-state index contributed by atoms with van der Waals surface area (Å²) in [5, 5.41) is 10.3. The van der Waals surface area contributed by atoms with E-state index in [2.05, 4.69) is 15.9 Å². The molecular weight excluding hydrogens is 538 g/mol. The number of halogens is 2. The Morgan fingerprint density at radius 1 is 1.17 bits per heavy atom. The van der Waals surface area contributed by atoms with Gasteiger partial charge in [-0.25, -0.2) is 0 Å². The Kier molecular flexibility index (Phi) is 6.00. The van der Waals surface area contributed by atoms with Crippen molar-refractivity contribution in [2.24, 2.45) is 17.8 Å². The molecule has 0 aromatic heterocycles. The second-order valence-electron chi connectivity index (χ2n) is 9.28. The minimum Gasteiger partial charge on any atom is -0.503 e. The number of imide groups is 1. The van der Waals surface area contributed by atoms with Crippen LogP contribution in [-0.2, 0) is 19.2 Å². The largest absolute Gasteiger partial charge is 0.503 e. The smallest absolute Gasteiger partial charge is 0.233 e. The third-order valence-electron chi connectivity index (χ3n) is 7.47. The van der Waals surface area contributed by atoms with Crippen molar-refractivity contribution < 1.29 is 29.0 Å². The van der Waals surface area contributed by atoms with E-state index in [0.717, 1.165) is 5.57 Å². The number of carbonyl (C=O) groups is 4. The third-order valence-corrected chi connectivity index (χ3v) is 8.35. The van der Waals surface area contributed by atoms with Crippen molar-refractivity contribution in [1.29, 1.82) is 0 Å². The summed E-state index contributed by atoms with van der Waals surface area (Å²) in [6.45, 7) is 2.28. The van der Waals surface area contributed by atoms with Gasteiger partial charge in [-0.15, -0.1) is 0 Å². The molecular formula is C26H23BrClNO6. The number of phenolic OH excluding ortho intramolecular Hbond substituents is 1. The summed E-state index contributed by atoms with van der Waals surface area (Å²) in [6, 6.07) is 3.15. The van der Waals surface area contributed by atoms with Crippen molar-refractivity contribution in [2.75, 3.05) is 13.7 Å². The molecule has 2 amide bonds. The number of aromatic hydroxyl groups is 1. The molecule has 3 aliphatic carbocycles. The number of carbonyl (C=O) groups excluding carboxylic acids is 4. The highest BCUT2D eigenvalue weighted by Gasteiger charge is 2.56. The number of benzene rings is 1. The van der Waals surface area contributed by atoms with Crippen molar-refractivity contribution in [3.8, 4) is 11.5 Å². The molecule has 7 nitrogen and oxygen atoms in total. The lowest BCUT2D eigenvalue weighted by Gasteiger charge is -2.42. The van der Waals surface area contributed by atoms with E-state index in [0.29, 0.717) is 36.1 Å². The van der Waals surface area contributed by atoms with Crippen LogP contribution in [0.4, 0.5) is 0 Å². The Bertz CT molecular complexity index is 1290. The first-order valence-corrected chi connectivity index (χ1v) is 12.7. The minimum atomic E-state index is -0.659. The van der Waals surface area contributed by atoms with E-state index in [9.17, 15) is 24.3 Å². The molecule has 0 spiro atoms. The first-order valence-electron chi connectivity index (χ1n) is 11.5. The second kappa shape index (κ2) is 8.75. The monoisotopic (exact) mass is 559 g/mol. The van der Waals surface area contributed by atoms with E-state index in [-0.39, 0.29) is 50.8 Å². The van der Waals surface area contributed by atoms with Crippen molar-refractivity contribution in [2.45, 2.75) is 32.1 Å². The Hall–Kier alpha value is -2.71. The van der Waals surface area contributed by atoms with Crippen molar-refractivity contribution >= 4 is 50.9 Å². The summed E-state index contributed by atoms with van der Waals surface area (Å²) in [5.74, 6) is -3.22. The molecule has 1 aromatic carbocycles. The summed E-state index contributed by atoms with van der Waals surface area (Å²) in [7, 11) is 1.40. The normalized spacial score (nSPS) is 27.9. The van der Waals surface area contributed by atoms with Gasteiger partial charge in [0.05, 0.1) is 28.5 Å². The fraction of sp³-hybridized carbons (Fsp3) is 0.385. The van der Waals surface area contributed by atoms with Crippen LogP contribution in [0.2, 0.25) is 5.02 Å². The summed E-state index contributed by atoms with van der Waals surface area (Å²) in [6.07, 6.45) is 4.46. The van der Waals surface area contributed by atoms with Crippen LogP contribution in [-0.4, -0.2) is 47.0 Å². The van der Waals surface area contributed by atoms with E-state index in [4.69, 9.17) is 16.3 Å². The number of likely N-dealkylation sites (tertiary alicyclic amines) is 1. The molecule has 0 radical (unpaired) electrons. The van der Waals surface area contributed by atoms with Gasteiger partial charge in [-0.1, -0.05) is 30.2 Å². The third kappa shape index (κ3) is 3.52.